The summed E-state index contributed by atoms with van der Waals surface area (Å²) in [6, 6.07) is 5.54. The number of ether oxygens (including phenoxy) is 2. The van der Waals surface area contributed by atoms with Gasteiger partial charge in [0.25, 0.3) is 0 Å². The minimum Gasteiger partial charge on any atom is -0.481 e. The third kappa shape index (κ3) is 7.46. The third-order valence-corrected chi connectivity index (χ3v) is 8.67. The standard InChI is InChI=1S/C34H37F6N5O4/c1-31(2,3)49-30(46)45-14-12-20(13-15-45)6-9-23-28(34(38,39)40)24-16-21(7-10-25(24)43-29(23)48-5)32(47,27-18-41-19-44(27)4)22-8-11-26(42-17-22)33(35,36)37/h7-8,10-11,16-20,47H,6,9,12-15H2,1-5H3. The van der Waals surface area contributed by atoms with Crippen LogP contribution in [0.1, 0.15) is 73.7 Å². The molecule has 0 spiro atoms. The summed E-state index contributed by atoms with van der Waals surface area (Å²) in [4.78, 5) is 26.0. The minimum atomic E-state index is -4.87. The maximum absolute atomic E-state index is 15.0. The summed E-state index contributed by atoms with van der Waals surface area (Å²) in [7, 11) is 2.78. The monoisotopic (exact) mass is 693 g/mol. The topological polar surface area (TPSA) is 103 Å². The summed E-state index contributed by atoms with van der Waals surface area (Å²) in [5, 5.41) is 11.9. The van der Waals surface area contributed by atoms with Crippen LogP contribution in [0.25, 0.3) is 10.9 Å². The lowest BCUT2D eigenvalue weighted by Gasteiger charge is -2.33. The number of nitrogens with zero attached hydrogens (tertiary/aromatic N) is 5. The third-order valence-electron chi connectivity index (χ3n) is 8.67. The Hall–Kier alpha value is -4.40. The van der Waals surface area contributed by atoms with Gasteiger partial charge in [-0.25, -0.2) is 14.8 Å². The number of amides is 1. The Morgan fingerprint density at radius 2 is 1.65 bits per heavy atom. The van der Waals surface area contributed by atoms with Crippen molar-refractivity contribution in [3.05, 3.63) is 82.7 Å². The number of imidazole rings is 1. The first kappa shape index (κ1) is 35.9. The van der Waals surface area contributed by atoms with E-state index in [1.807, 2.05) is 0 Å². The van der Waals surface area contributed by atoms with E-state index in [9.17, 15) is 23.1 Å². The largest absolute Gasteiger partial charge is 0.481 e. The summed E-state index contributed by atoms with van der Waals surface area (Å²) in [5.74, 6) is -0.166. The fourth-order valence-corrected chi connectivity index (χ4v) is 6.25. The maximum Gasteiger partial charge on any atom is 0.433 e. The average Bonchev–Trinajstić information content (AvgIpc) is 3.47. The van der Waals surface area contributed by atoms with E-state index in [0.717, 1.165) is 18.3 Å². The van der Waals surface area contributed by atoms with Gasteiger partial charge in [-0.2, -0.15) is 26.3 Å². The highest BCUT2D eigenvalue weighted by molar-refractivity contribution is 5.86. The molecule has 9 nitrogen and oxygen atoms in total. The maximum atomic E-state index is 15.0. The molecule has 5 rings (SSSR count). The van der Waals surface area contributed by atoms with Gasteiger partial charge in [-0.1, -0.05) is 12.1 Å². The van der Waals surface area contributed by atoms with Crippen molar-refractivity contribution in [2.24, 2.45) is 13.0 Å². The number of fused-ring (bicyclic) bond motifs is 1. The molecule has 1 amide bonds. The van der Waals surface area contributed by atoms with Gasteiger partial charge in [0.15, 0.2) is 5.60 Å². The minimum absolute atomic E-state index is 0.0219. The molecule has 0 aliphatic carbocycles. The quantitative estimate of drug-likeness (QED) is 0.203. The summed E-state index contributed by atoms with van der Waals surface area (Å²) in [6.45, 7) is 6.14. The second-order valence-corrected chi connectivity index (χ2v) is 13.2. The highest BCUT2D eigenvalue weighted by atomic mass is 19.4. The number of pyridine rings is 2. The molecule has 1 atom stereocenters. The Morgan fingerprint density at radius 1 is 0.980 bits per heavy atom. The van der Waals surface area contributed by atoms with Crippen LogP contribution < -0.4 is 4.74 Å². The highest BCUT2D eigenvalue weighted by Crippen LogP contribution is 2.44. The fourth-order valence-electron chi connectivity index (χ4n) is 6.25. The number of likely N-dealkylation sites (tertiary alicyclic amines) is 1. The Labute approximate surface area is 278 Å². The van der Waals surface area contributed by atoms with Crippen molar-refractivity contribution in [1.29, 1.82) is 0 Å². The van der Waals surface area contributed by atoms with Crippen LogP contribution in [0.5, 0.6) is 5.88 Å². The average molecular weight is 694 g/mol. The Morgan fingerprint density at radius 3 is 2.18 bits per heavy atom. The zero-order valence-electron chi connectivity index (χ0n) is 27.6. The van der Waals surface area contributed by atoms with Crippen molar-refractivity contribution < 1.29 is 45.7 Å². The molecule has 1 N–H and O–H groups in total. The van der Waals surface area contributed by atoms with Crippen LogP contribution in [0, 0.1) is 5.92 Å². The Balaban J connectivity index is 1.54. The van der Waals surface area contributed by atoms with Crippen LogP contribution in [0.4, 0.5) is 31.1 Å². The predicted octanol–water partition coefficient (Wildman–Crippen LogP) is 7.27. The van der Waals surface area contributed by atoms with Gasteiger partial charge in [-0.15, -0.1) is 0 Å². The van der Waals surface area contributed by atoms with Crippen LogP contribution in [0.15, 0.2) is 49.1 Å². The molecule has 0 saturated carbocycles. The number of aromatic nitrogens is 4. The molecule has 264 valence electrons. The van der Waals surface area contributed by atoms with Crippen molar-refractivity contribution >= 4 is 17.0 Å². The first-order valence-electron chi connectivity index (χ1n) is 15.6. The van der Waals surface area contributed by atoms with E-state index in [0.29, 0.717) is 38.4 Å². The second kappa shape index (κ2) is 13.1. The molecule has 1 aliphatic heterocycles. The number of alkyl halides is 6. The smallest absolute Gasteiger partial charge is 0.433 e. The summed E-state index contributed by atoms with van der Waals surface area (Å²) < 4.78 is 97.3. The van der Waals surface area contributed by atoms with E-state index in [4.69, 9.17) is 9.47 Å². The van der Waals surface area contributed by atoms with E-state index < -0.39 is 40.9 Å². The molecule has 1 aliphatic rings. The van der Waals surface area contributed by atoms with E-state index in [-0.39, 0.29) is 51.5 Å². The van der Waals surface area contributed by atoms with E-state index in [2.05, 4.69) is 15.0 Å². The van der Waals surface area contributed by atoms with Crippen molar-refractivity contribution in [1.82, 2.24) is 24.4 Å². The molecule has 1 aromatic carbocycles. The van der Waals surface area contributed by atoms with Gasteiger partial charge in [-0.05, 0) is 76.1 Å². The zero-order valence-corrected chi connectivity index (χ0v) is 27.6. The van der Waals surface area contributed by atoms with E-state index in [1.165, 1.54) is 43.4 Å². The number of carbonyl (C=O) groups excluding carboxylic acids is 1. The number of methoxy groups -OCH3 is 1. The molecule has 0 radical (unpaired) electrons. The number of hydrogen-bond acceptors (Lipinski definition) is 7. The molecular weight excluding hydrogens is 656 g/mol. The van der Waals surface area contributed by atoms with Crippen LogP contribution in [-0.4, -0.2) is 61.4 Å². The van der Waals surface area contributed by atoms with Crippen LogP contribution >= 0.6 is 0 Å². The molecule has 0 bridgehead atoms. The van der Waals surface area contributed by atoms with Crippen molar-refractivity contribution in [3.8, 4) is 5.88 Å². The van der Waals surface area contributed by atoms with E-state index >= 15 is 13.2 Å². The molecule has 49 heavy (non-hydrogen) atoms. The second-order valence-electron chi connectivity index (χ2n) is 13.2. The molecule has 15 heteroatoms. The van der Waals surface area contributed by atoms with Gasteiger partial charge in [0, 0.05) is 42.8 Å². The molecule has 4 heterocycles. The van der Waals surface area contributed by atoms with Crippen molar-refractivity contribution in [2.45, 2.75) is 70.0 Å². The lowest BCUT2D eigenvalue weighted by atomic mass is 9.83. The Kier molecular flexibility index (Phi) is 9.63. The molecule has 1 unspecified atom stereocenters. The van der Waals surface area contributed by atoms with Gasteiger partial charge in [0.05, 0.1) is 36.4 Å². The molecule has 4 aromatic rings. The number of benzene rings is 1. The first-order valence-corrected chi connectivity index (χ1v) is 15.6. The zero-order chi connectivity index (χ0) is 35.9. The lowest BCUT2D eigenvalue weighted by molar-refractivity contribution is -0.141. The number of rotatable bonds is 7. The van der Waals surface area contributed by atoms with Crippen LogP contribution in [0.2, 0.25) is 0 Å². The lowest BCUT2D eigenvalue weighted by Crippen LogP contribution is -2.41. The predicted molar refractivity (Wildman–Crippen MR) is 167 cm³/mol. The van der Waals surface area contributed by atoms with Crippen LogP contribution in [0.3, 0.4) is 0 Å². The van der Waals surface area contributed by atoms with Gasteiger partial charge >= 0.3 is 18.4 Å². The van der Waals surface area contributed by atoms with Gasteiger partial charge in [-0.3, -0.25) is 4.98 Å². The fraction of sp³-hybridized carbons (Fsp3) is 0.471. The summed E-state index contributed by atoms with van der Waals surface area (Å²) in [6.07, 6.45) is -5.09. The SMILES string of the molecule is COc1nc2ccc(C(O)(c3ccc(C(F)(F)F)nc3)c3cncn3C)cc2c(C(F)(F)F)c1CCC1CCN(C(=O)OC(C)(C)C)CC1. The van der Waals surface area contributed by atoms with Gasteiger partial charge < -0.3 is 24.0 Å². The number of aryl methyl sites for hydroxylation is 1. The molecular formula is C34H37F6N5O4. The number of piperidine rings is 1. The van der Waals surface area contributed by atoms with Gasteiger partial charge in [0.2, 0.25) is 5.88 Å². The Bertz CT molecular complexity index is 1810. The molecule has 1 saturated heterocycles. The normalized spacial score (nSPS) is 16.1. The first-order chi connectivity index (χ1) is 22.8. The molecule has 1 fully saturated rings. The number of halogens is 6. The number of aliphatic hydroxyl groups is 1. The summed E-state index contributed by atoms with van der Waals surface area (Å²) in [5.41, 5.74) is -5.39. The van der Waals surface area contributed by atoms with Gasteiger partial charge in [0.1, 0.15) is 11.3 Å². The summed E-state index contributed by atoms with van der Waals surface area (Å²) >= 11 is 0. The number of carbonyl (C=O) groups is 1. The van der Waals surface area contributed by atoms with Crippen molar-refractivity contribution in [2.75, 3.05) is 20.2 Å². The molecule has 3 aromatic heterocycles. The highest BCUT2D eigenvalue weighted by Gasteiger charge is 2.42. The number of hydrogen-bond donors (Lipinski definition) is 1. The van der Waals surface area contributed by atoms with Crippen molar-refractivity contribution in [3.63, 3.8) is 0 Å². The van der Waals surface area contributed by atoms with E-state index in [1.54, 1.807) is 25.7 Å². The van der Waals surface area contributed by atoms with Crippen LogP contribution in [-0.2, 0) is 36.2 Å².